The van der Waals surface area contributed by atoms with Crippen molar-refractivity contribution in [3.63, 3.8) is 0 Å². The summed E-state index contributed by atoms with van der Waals surface area (Å²) < 4.78 is 5.62. The summed E-state index contributed by atoms with van der Waals surface area (Å²) in [5.41, 5.74) is 3.15. The summed E-state index contributed by atoms with van der Waals surface area (Å²) in [6, 6.07) is 9.64. The molecule has 1 aromatic carbocycles. The van der Waals surface area contributed by atoms with Crippen LogP contribution in [0.1, 0.15) is 49.7 Å². The van der Waals surface area contributed by atoms with Crippen LogP contribution in [0.3, 0.4) is 0 Å². The Morgan fingerprint density at radius 1 is 1.26 bits per heavy atom. The highest BCUT2D eigenvalue weighted by molar-refractivity contribution is 5.32. The van der Waals surface area contributed by atoms with Gasteiger partial charge < -0.3 is 10.1 Å². The molecule has 2 heteroatoms. The summed E-state index contributed by atoms with van der Waals surface area (Å²) >= 11 is 0. The molecule has 2 aliphatic rings. The molecule has 0 aromatic heterocycles. The molecule has 2 nitrogen and oxygen atoms in total. The minimum Gasteiger partial charge on any atom is -0.378 e. The summed E-state index contributed by atoms with van der Waals surface area (Å²) in [4.78, 5) is 0. The Morgan fingerprint density at radius 3 is 3.05 bits per heavy atom. The molecule has 0 saturated carbocycles. The zero-order chi connectivity index (χ0) is 13.1. The van der Waals surface area contributed by atoms with Crippen LogP contribution < -0.4 is 5.32 Å². The fraction of sp³-hybridized carbons (Fsp3) is 0.647. The Labute approximate surface area is 116 Å². The van der Waals surface area contributed by atoms with Gasteiger partial charge in [-0.25, -0.2) is 0 Å². The summed E-state index contributed by atoms with van der Waals surface area (Å²) in [5, 5.41) is 3.78. The van der Waals surface area contributed by atoms with Crippen LogP contribution in [-0.4, -0.2) is 25.3 Å². The Bertz CT molecular complexity index is 417. The third kappa shape index (κ3) is 3.18. The van der Waals surface area contributed by atoms with E-state index in [0.717, 1.165) is 19.6 Å². The lowest BCUT2D eigenvalue weighted by molar-refractivity contribution is 0.0131. The highest BCUT2D eigenvalue weighted by Gasteiger charge is 2.23. The van der Waals surface area contributed by atoms with E-state index in [0.29, 0.717) is 18.1 Å². The number of nitrogens with one attached hydrogen (secondary N) is 1. The fourth-order valence-electron chi connectivity index (χ4n) is 3.56. The minimum atomic E-state index is 0.421. The normalized spacial score (nSPS) is 30.9. The second kappa shape index (κ2) is 6.06. The molecule has 19 heavy (non-hydrogen) atoms. The first-order valence-electron chi connectivity index (χ1n) is 7.75. The highest BCUT2D eigenvalue weighted by atomic mass is 16.5. The van der Waals surface area contributed by atoms with E-state index < -0.39 is 0 Å². The van der Waals surface area contributed by atoms with Gasteiger partial charge in [-0.05, 0) is 56.1 Å². The average molecular weight is 259 g/mol. The molecule has 1 aromatic rings. The molecule has 3 rings (SSSR count). The van der Waals surface area contributed by atoms with Gasteiger partial charge in [-0.15, -0.1) is 0 Å². The molecule has 1 saturated heterocycles. The number of fused-ring (bicyclic) bond motifs is 1. The Balaban J connectivity index is 1.59. The van der Waals surface area contributed by atoms with Gasteiger partial charge in [-0.2, -0.15) is 0 Å². The van der Waals surface area contributed by atoms with Gasteiger partial charge in [0.15, 0.2) is 0 Å². The van der Waals surface area contributed by atoms with E-state index in [1.807, 2.05) is 0 Å². The third-order valence-electron chi connectivity index (χ3n) is 4.63. The van der Waals surface area contributed by atoms with Crippen LogP contribution in [0.4, 0.5) is 0 Å². The van der Waals surface area contributed by atoms with Gasteiger partial charge in [0.05, 0.1) is 6.10 Å². The van der Waals surface area contributed by atoms with Gasteiger partial charge >= 0.3 is 0 Å². The predicted molar refractivity (Wildman–Crippen MR) is 78.6 cm³/mol. The van der Waals surface area contributed by atoms with Crippen molar-refractivity contribution in [2.24, 2.45) is 0 Å². The van der Waals surface area contributed by atoms with Crippen molar-refractivity contribution < 1.29 is 4.74 Å². The first kappa shape index (κ1) is 13.1. The van der Waals surface area contributed by atoms with Crippen molar-refractivity contribution in [2.75, 3.05) is 13.2 Å². The average Bonchev–Trinajstić information content (AvgIpc) is 2.45. The summed E-state index contributed by atoms with van der Waals surface area (Å²) in [6.07, 6.45) is 6.69. The number of rotatable bonds is 3. The maximum absolute atomic E-state index is 5.62. The van der Waals surface area contributed by atoms with Crippen molar-refractivity contribution in [3.8, 4) is 0 Å². The van der Waals surface area contributed by atoms with E-state index >= 15 is 0 Å². The number of benzene rings is 1. The lowest BCUT2D eigenvalue weighted by atomic mass is 9.82. The molecule has 1 fully saturated rings. The van der Waals surface area contributed by atoms with E-state index in [2.05, 4.69) is 36.5 Å². The number of hydrogen-bond acceptors (Lipinski definition) is 2. The maximum Gasteiger partial charge on any atom is 0.0561 e. The standard InChI is InChI=1S/C17H25NO/c1-13-11-16(9-10-19-13)18-12-15-7-4-6-14-5-2-3-8-17(14)15/h2-3,5,8,13,15-16,18H,4,6-7,9-12H2,1H3. The smallest absolute Gasteiger partial charge is 0.0561 e. The van der Waals surface area contributed by atoms with Crippen LogP contribution in [0, 0.1) is 0 Å². The number of aryl methyl sites for hydroxylation is 1. The van der Waals surface area contributed by atoms with E-state index in [4.69, 9.17) is 4.74 Å². The largest absolute Gasteiger partial charge is 0.378 e. The van der Waals surface area contributed by atoms with Crippen molar-refractivity contribution in [2.45, 2.75) is 57.1 Å². The van der Waals surface area contributed by atoms with Gasteiger partial charge in [0.25, 0.3) is 0 Å². The van der Waals surface area contributed by atoms with Crippen molar-refractivity contribution in [1.82, 2.24) is 5.32 Å². The fourth-order valence-corrected chi connectivity index (χ4v) is 3.56. The van der Waals surface area contributed by atoms with Crippen LogP contribution in [0.15, 0.2) is 24.3 Å². The summed E-state index contributed by atoms with van der Waals surface area (Å²) in [7, 11) is 0. The molecule has 1 heterocycles. The molecule has 1 aliphatic heterocycles. The molecule has 0 radical (unpaired) electrons. The van der Waals surface area contributed by atoms with Gasteiger partial charge in [-0.1, -0.05) is 24.3 Å². The molecular weight excluding hydrogens is 234 g/mol. The van der Waals surface area contributed by atoms with Gasteiger partial charge in [0.1, 0.15) is 0 Å². The SMILES string of the molecule is CC1CC(NCC2CCCc3ccccc32)CCO1. The predicted octanol–water partition coefficient (Wildman–Crippen LogP) is 3.26. The summed E-state index contributed by atoms with van der Waals surface area (Å²) in [6.45, 7) is 4.23. The quantitative estimate of drug-likeness (QED) is 0.899. The van der Waals surface area contributed by atoms with Crippen LogP contribution in [0.5, 0.6) is 0 Å². The number of hydrogen-bond donors (Lipinski definition) is 1. The highest BCUT2D eigenvalue weighted by Crippen LogP contribution is 2.31. The molecule has 104 valence electrons. The molecule has 0 spiro atoms. The van der Waals surface area contributed by atoms with Crippen LogP contribution in [-0.2, 0) is 11.2 Å². The van der Waals surface area contributed by atoms with Crippen molar-refractivity contribution >= 4 is 0 Å². The van der Waals surface area contributed by atoms with Crippen LogP contribution >= 0.6 is 0 Å². The lowest BCUT2D eigenvalue weighted by Crippen LogP contribution is -2.40. The molecular formula is C17H25NO. The third-order valence-corrected chi connectivity index (χ3v) is 4.63. The monoisotopic (exact) mass is 259 g/mol. The molecule has 0 bridgehead atoms. The van der Waals surface area contributed by atoms with Crippen LogP contribution in [0.25, 0.3) is 0 Å². The Hall–Kier alpha value is -0.860. The Kier molecular flexibility index (Phi) is 4.19. The second-order valence-electron chi connectivity index (χ2n) is 6.10. The maximum atomic E-state index is 5.62. The zero-order valence-corrected chi connectivity index (χ0v) is 11.9. The van der Waals surface area contributed by atoms with E-state index in [-0.39, 0.29) is 0 Å². The summed E-state index contributed by atoms with van der Waals surface area (Å²) in [5.74, 6) is 0.711. The minimum absolute atomic E-state index is 0.421. The van der Waals surface area contributed by atoms with Crippen molar-refractivity contribution in [1.29, 1.82) is 0 Å². The van der Waals surface area contributed by atoms with Gasteiger partial charge in [0, 0.05) is 19.2 Å². The first-order valence-corrected chi connectivity index (χ1v) is 7.75. The zero-order valence-electron chi connectivity index (χ0n) is 11.9. The lowest BCUT2D eigenvalue weighted by Gasteiger charge is -2.31. The molecule has 1 aliphatic carbocycles. The number of ether oxygens (including phenoxy) is 1. The molecule has 3 atom stereocenters. The molecule has 3 unspecified atom stereocenters. The van der Waals surface area contributed by atoms with E-state index in [1.54, 1.807) is 11.1 Å². The Morgan fingerprint density at radius 2 is 2.16 bits per heavy atom. The molecule has 0 amide bonds. The topological polar surface area (TPSA) is 21.3 Å². The first-order chi connectivity index (χ1) is 9.33. The second-order valence-corrected chi connectivity index (χ2v) is 6.10. The van der Waals surface area contributed by atoms with E-state index in [1.165, 1.54) is 25.7 Å². The van der Waals surface area contributed by atoms with Gasteiger partial charge in [-0.3, -0.25) is 0 Å². The van der Waals surface area contributed by atoms with Crippen molar-refractivity contribution in [3.05, 3.63) is 35.4 Å². The van der Waals surface area contributed by atoms with E-state index in [9.17, 15) is 0 Å². The molecule has 1 N–H and O–H groups in total. The van der Waals surface area contributed by atoms with Crippen LogP contribution in [0.2, 0.25) is 0 Å². The van der Waals surface area contributed by atoms with Gasteiger partial charge in [0.2, 0.25) is 0 Å².